The number of piperidine rings is 1. The molecule has 0 spiro atoms. The average molecular weight is 533 g/mol. The molecule has 0 aliphatic carbocycles. The maximum absolute atomic E-state index is 12.3. The van der Waals surface area contributed by atoms with Gasteiger partial charge in [0.05, 0.1) is 6.54 Å². The van der Waals surface area contributed by atoms with Gasteiger partial charge in [-0.3, -0.25) is 9.69 Å². The molecule has 2 fully saturated rings. The summed E-state index contributed by atoms with van der Waals surface area (Å²) >= 11 is 0. The maximum atomic E-state index is 12.3. The highest BCUT2D eigenvalue weighted by atomic mass is 19.4. The van der Waals surface area contributed by atoms with Crippen molar-refractivity contribution in [1.82, 2.24) is 14.7 Å². The average Bonchev–Trinajstić information content (AvgIpc) is 3.33. The highest BCUT2D eigenvalue weighted by molar-refractivity contribution is 5.77. The van der Waals surface area contributed by atoms with E-state index in [9.17, 15) is 31.1 Å². The van der Waals surface area contributed by atoms with E-state index in [1.54, 1.807) is 0 Å². The SMILES string of the molecule is Cc1ccc(CN2CC[C@@H]3[C@H]2CCC(=O)N3CCN(C)C)o1.O=C(O)C(F)(F)F.O=C(O)C(F)(F)F. The maximum Gasteiger partial charge on any atom is 0.490 e. The van der Waals surface area contributed by atoms with Crippen LogP contribution in [0.25, 0.3) is 0 Å². The van der Waals surface area contributed by atoms with E-state index in [2.05, 4.69) is 34.9 Å². The van der Waals surface area contributed by atoms with E-state index < -0.39 is 24.3 Å². The summed E-state index contributed by atoms with van der Waals surface area (Å²) in [6, 6.07) is 4.97. The fourth-order valence-electron chi connectivity index (χ4n) is 3.80. The molecule has 1 aromatic heterocycles. The number of likely N-dealkylation sites (tertiary alicyclic amines) is 2. The third-order valence-corrected chi connectivity index (χ3v) is 5.43. The Morgan fingerprint density at radius 3 is 1.97 bits per heavy atom. The summed E-state index contributed by atoms with van der Waals surface area (Å²) in [5.74, 6) is -3.18. The van der Waals surface area contributed by atoms with Crippen molar-refractivity contribution in [2.24, 2.45) is 0 Å². The third-order valence-electron chi connectivity index (χ3n) is 5.43. The van der Waals surface area contributed by atoms with Crippen LogP contribution in [0.15, 0.2) is 16.5 Å². The van der Waals surface area contributed by atoms with E-state index >= 15 is 0 Å². The number of aliphatic carboxylic acids is 2. The quantitative estimate of drug-likeness (QED) is 0.556. The number of fused-ring (bicyclic) bond motifs is 1. The predicted octanol–water partition coefficient (Wildman–Crippen LogP) is 2.98. The fourth-order valence-corrected chi connectivity index (χ4v) is 3.80. The highest BCUT2D eigenvalue weighted by Crippen LogP contribution is 2.32. The standard InChI is InChI=1S/C17H27N3O2.2C2HF3O2/c1-13-4-5-14(22-13)12-19-9-8-16-15(19)6-7-17(21)20(16)11-10-18(2)3;2*3-2(4,5)1(6)7/h4-5,15-16H,6-12H2,1-3H3;2*(H,6,7)/t15-,16-;;/m1../s1. The molecule has 2 atom stereocenters. The lowest BCUT2D eigenvalue weighted by molar-refractivity contribution is -0.193. The Kier molecular flexibility index (Phi) is 11.2. The van der Waals surface area contributed by atoms with E-state index in [4.69, 9.17) is 24.2 Å². The minimum atomic E-state index is -5.08. The van der Waals surface area contributed by atoms with Crippen LogP contribution in [0.4, 0.5) is 26.3 Å². The molecule has 0 saturated carbocycles. The lowest BCUT2D eigenvalue weighted by Gasteiger charge is -2.40. The Morgan fingerprint density at radius 1 is 1.03 bits per heavy atom. The summed E-state index contributed by atoms with van der Waals surface area (Å²) < 4.78 is 69.2. The number of likely N-dealkylation sites (N-methyl/N-ethyl adjacent to an activating group) is 1. The van der Waals surface area contributed by atoms with Crippen molar-refractivity contribution in [2.45, 2.75) is 57.2 Å². The summed E-state index contributed by atoms with van der Waals surface area (Å²) in [7, 11) is 4.12. The lowest BCUT2D eigenvalue weighted by atomic mass is 9.96. The lowest BCUT2D eigenvalue weighted by Crippen LogP contribution is -2.53. The van der Waals surface area contributed by atoms with Gasteiger partial charge in [0.25, 0.3) is 0 Å². The topological polar surface area (TPSA) is 115 Å². The summed E-state index contributed by atoms with van der Waals surface area (Å²) in [6.07, 6.45) is -7.41. The number of carboxylic acids is 2. The molecular formula is C21H29F6N3O6. The summed E-state index contributed by atoms with van der Waals surface area (Å²) in [6.45, 7) is 5.69. The minimum absolute atomic E-state index is 0.332. The van der Waals surface area contributed by atoms with Gasteiger partial charge in [0.15, 0.2) is 0 Å². The first-order chi connectivity index (χ1) is 16.4. The van der Waals surface area contributed by atoms with E-state index in [0.29, 0.717) is 24.4 Å². The Labute approximate surface area is 203 Å². The van der Waals surface area contributed by atoms with Crippen LogP contribution in [0.3, 0.4) is 0 Å². The number of alkyl halides is 6. The van der Waals surface area contributed by atoms with E-state index in [0.717, 1.165) is 50.5 Å². The summed E-state index contributed by atoms with van der Waals surface area (Å²) in [5, 5.41) is 14.2. The number of halogens is 6. The van der Waals surface area contributed by atoms with E-state index in [1.807, 2.05) is 13.0 Å². The second-order valence-electron chi connectivity index (χ2n) is 8.44. The Bertz CT molecular complexity index is 862. The minimum Gasteiger partial charge on any atom is -0.475 e. The third kappa shape index (κ3) is 10.0. The summed E-state index contributed by atoms with van der Waals surface area (Å²) in [4.78, 5) is 36.9. The van der Waals surface area contributed by atoms with Gasteiger partial charge in [-0.25, -0.2) is 9.59 Å². The van der Waals surface area contributed by atoms with Gasteiger partial charge in [0.1, 0.15) is 11.5 Å². The zero-order chi connectivity index (χ0) is 27.8. The van der Waals surface area contributed by atoms with Gasteiger partial charge in [-0.2, -0.15) is 26.3 Å². The monoisotopic (exact) mass is 533 g/mol. The van der Waals surface area contributed by atoms with Gasteiger partial charge in [-0.15, -0.1) is 0 Å². The number of amides is 1. The summed E-state index contributed by atoms with van der Waals surface area (Å²) in [5.41, 5.74) is 0. The number of hydrogen-bond donors (Lipinski definition) is 2. The van der Waals surface area contributed by atoms with Crippen LogP contribution >= 0.6 is 0 Å². The van der Waals surface area contributed by atoms with Gasteiger partial charge in [-0.1, -0.05) is 0 Å². The number of carboxylic acid groups (broad SMARTS) is 2. The van der Waals surface area contributed by atoms with Crippen molar-refractivity contribution in [3.8, 4) is 0 Å². The molecule has 1 amide bonds. The van der Waals surface area contributed by atoms with Gasteiger partial charge < -0.3 is 24.4 Å². The second kappa shape index (κ2) is 12.9. The molecule has 1 aromatic rings. The van der Waals surface area contributed by atoms with Crippen LogP contribution in [-0.4, -0.2) is 101 Å². The number of hydrogen-bond acceptors (Lipinski definition) is 6. The molecule has 2 aliphatic rings. The molecule has 206 valence electrons. The van der Waals surface area contributed by atoms with Gasteiger partial charge in [0.2, 0.25) is 5.91 Å². The van der Waals surface area contributed by atoms with Crippen molar-refractivity contribution in [3.05, 3.63) is 23.7 Å². The van der Waals surface area contributed by atoms with Crippen LogP contribution in [0.5, 0.6) is 0 Å². The van der Waals surface area contributed by atoms with Gasteiger partial charge in [0, 0.05) is 38.1 Å². The van der Waals surface area contributed by atoms with Crippen LogP contribution in [-0.2, 0) is 20.9 Å². The number of nitrogens with zero attached hydrogens (tertiary/aromatic N) is 3. The molecule has 0 aromatic carbocycles. The molecule has 0 unspecified atom stereocenters. The normalized spacial score (nSPS) is 20.3. The molecule has 15 heteroatoms. The first-order valence-electron chi connectivity index (χ1n) is 10.8. The predicted molar refractivity (Wildman–Crippen MR) is 113 cm³/mol. The molecule has 3 rings (SSSR count). The molecule has 2 aliphatic heterocycles. The molecule has 9 nitrogen and oxygen atoms in total. The van der Waals surface area contributed by atoms with E-state index in [1.165, 1.54) is 0 Å². The highest BCUT2D eigenvalue weighted by Gasteiger charge is 2.43. The fraction of sp³-hybridized carbons (Fsp3) is 0.667. The molecule has 2 N–H and O–H groups in total. The number of aryl methyl sites for hydroxylation is 1. The van der Waals surface area contributed by atoms with Crippen molar-refractivity contribution >= 4 is 17.8 Å². The van der Waals surface area contributed by atoms with Crippen molar-refractivity contribution in [2.75, 3.05) is 33.7 Å². The largest absolute Gasteiger partial charge is 0.490 e. The molecule has 3 heterocycles. The number of rotatable bonds is 5. The van der Waals surface area contributed by atoms with Crippen LogP contribution in [0, 0.1) is 6.92 Å². The number of furan rings is 1. The van der Waals surface area contributed by atoms with Crippen LogP contribution in [0.2, 0.25) is 0 Å². The Morgan fingerprint density at radius 2 is 1.56 bits per heavy atom. The van der Waals surface area contributed by atoms with Crippen LogP contribution < -0.4 is 0 Å². The van der Waals surface area contributed by atoms with Crippen molar-refractivity contribution < 1.29 is 55.4 Å². The van der Waals surface area contributed by atoms with E-state index in [-0.39, 0.29) is 0 Å². The van der Waals surface area contributed by atoms with Crippen molar-refractivity contribution in [1.29, 1.82) is 0 Å². The van der Waals surface area contributed by atoms with Crippen molar-refractivity contribution in [3.63, 3.8) is 0 Å². The Hall–Kier alpha value is -2.81. The zero-order valence-corrected chi connectivity index (χ0v) is 19.9. The second-order valence-corrected chi connectivity index (χ2v) is 8.44. The number of carbonyl (C=O) groups is 3. The molecule has 0 bridgehead atoms. The zero-order valence-electron chi connectivity index (χ0n) is 19.9. The molecule has 36 heavy (non-hydrogen) atoms. The smallest absolute Gasteiger partial charge is 0.475 e. The van der Waals surface area contributed by atoms with Gasteiger partial charge in [-0.05, 0) is 46.0 Å². The Balaban J connectivity index is 0.000000383. The first kappa shape index (κ1) is 31.2. The van der Waals surface area contributed by atoms with Gasteiger partial charge >= 0.3 is 24.3 Å². The molecule has 2 saturated heterocycles. The first-order valence-corrected chi connectivity index (χ1v) is 10.8. The molecular weight excluding hydrogens is 504 g/mol. The van der Waals surface area contributed by atoms with Crippen LogP contribution in [0.1, 0.15) is 30.8 Å². The molecule has 0 radical (unpaired) electrons. The number of carbonyl (C=O) groups excluding carboxylic acids is 1.